The number of carbonyl (C=O) groups excluding carboxylic acids is 2. The molecule has 0 bridgehead atoms. The highest BCUT2D eigenvalue weighted by molar-refractivity contribution is 7.90. The van der Waals surface area contributed by atoms with Crippen LogP contribution in [0.1, 0.15) is 16.2 Å². The molecule has 0 aliphatic heterocycles. The van der Waals surface area contributed by atoms with E-state index in [2.05, 4.69) is 25.0 Å². The van der Waals surface area contributed by atoms with Crippen molar-refractivity contribution in [2.75, 3.05) is 19.5 Å². The predicted octanol–water partition coefficient (Wildman–Crippen LogP) is 0.105. The van der Waals surface area contributed by atoms with E-state index < -0.39 is 26.9 Å². The van der Waals surface area contributed by atoms with Crippen LogP contribution < -0.4 is 14.8 Å². The lowest BCUT2D eigenvalue weighted by Gasteiger charge is -2.11. The van der Waals surface area contributed by atoms with Crippen molar-refractivity contribution in [3.63, 3.8) is 0 Å². The molecule has 1 aromatic carbocycles. The second kappa shape index (κ2) is 9.27. The Morgan fingerprint density at radius 3 is 2.37 bits per heavy atom. The third kappa shape index (κ3) is 5.61. The van der Waals surface area contributed by atoms with Crippen LogP contribution in [0.3, 0.4) is 0 Å². The normalized spacial score (nSPS) is 10.3. The van der Waals surface area contributed by atoms with Crippen molar-refractivity contribution < 1.29 is 27.5 Å². The molecule has 0 aliphatic rings. The monoisotopic (exact) mass is 408 g/mol. The van der Waals surface area contributed by atoms with E-state index in [4.69, 9.17) is 4.74 Å². The minimum Gasteiger partial charge on any atom is -0.467 e. The fourth-order valence-corrected chi connectivity index (χ4v) is 2.99. The van der Waals surface area contributed by atoms with E-state index in [-0.39, 0.29) is 40.7 Å². The molecule has 0 fully saturated rings. The van der Waals surface area contributed by atoms with E-state index >= 15 is 0 Å². The molecule has 0 atom stereocenters. The summed E-state index contributed by atoms with van der Waals surface area (Å²) in [7, 11) is -1.92. The molecule has 1 heterocycles. The number of hydrogen-bond donors (Lipinski definition) is 2. The minimum atomic E-state index is -4.36. The number of esters is 1. The lowest BCUT2D eigenvalue weighted by molar-refractivity contribution is 0.0596. The number of methoxy groups -OCH3 is 2. The van der Waals surface area contributed by atoms with Crippen LogP contribution in [-0.4, -0.2) is 67.0 Å². The van der Waals surface area contributed by atoms with E-state index in [0.29, 0.717) is 0 Å². The summed E-state index contributed by atoms with van der Waals surface area (Å²) >= 11 is 0. The number of nitrogens with one attached hydrogen (secondary N) is 2. The molecule has 0 saturated carbocycles. The van der Waals surface area contributed by atoms with Crippen LogP contribution in [0.2, 0.25) is 0 Å². The van der Waals surface area contributed by atoms with Gasteiger partial charge in [-0.3, -0.25) is 5.32 Å². The fourth-order valence-electron chi connectivity index (χ4n) is 1.89. The Labute approximate surface area is 165 Å². The summed E-state index contributed by atoms with van der Waals surface area (Å²) in [4.78, 5) is 34.7. The van der Waals surface area contributed by atoms with Crippen LogP contribution in [0.15, 0.2) is 29.2 Å². The Morgan fingerprint density at radius 1 is 1.07 bits per heavy atom. The van der Waals surface area contributed by atoms with Gasteiger partial charge in [-0.15, -0.1) is 0 Å². The van der Waals surface area contributed by atoms with Gasteiger partial charge < -0.3 is 9.47 Å². The standard InChI is InChI=1S/C14H15N5O6S.Al/c1-8-15-12(18-14(16-8)25-3)17-13(21)19-26(22,23)10-7-5-4-6-9(10)11(20)24-2;/h4-7H,1-3H3,(H2,15,16,17,18,19,21);. The number of aryl methyl sites for hydroxylation is 1. The van der Waals surface area contributed by atoms with Gasteiger partial charge in [-0.1, -0.05) is 12.1 Å². The number of carbonyl (C=O) groups is 2. The average Bonchev–Trinajstić information content (AvgIpc) is 2.59. The molecule has 0 unspecified atom stereocenters. The molecular weight excluding hydrogens is 393 g/mol. The molecule has 0 saturated heterocycles. The first-order valence-electron chi connectivity index (χ1n) is 7.04. The van der Waals surface area contributed by atoms with Gasteiger partial charge in [0.15, 0.2) is 0 Å². The van der Waals surface area contributed by atoms with Gasteiger partial charge in [0.05, 0.1) is 19.8 Å². The maximum atomic E-state index is 12.4. The first-order chi connectivity index (χ1) is 12.3. The van der Waals surface area contributed by atoms with Gasteiger partial charge in [0.1, 0.15) is 10.7 Å². The summed E-state index contributed by atoms with van der Waals surface area (Å²) in [6.45, 7) is 1.54. The Balaban J connectivity index is 0.00000364. The molecule has 2 rings (SSSR count). The van der Waals surface area contributed by atoms with Crippen LogP contribution in [0.5, 0.6) is 6.01 Å². The molecule has 27 heavy (non-hydrogen) atoms. The maximum absolute atomic E-state index is 12.4. The van der Waals surface area contributed by atoms with Crippen molar-refractivity contribution in [1.29, 1.82) is 0 Å². The Bertz CT molecular complexity index is 953. The van der Waals surface area contributed by atoms with E-state index in [1.54, 1.807) is 4.72 Å². The Kier molecular flexibility index (Phi) is 7.65. The second-order valence-corrected chi connectivity index (χ2v) is 6.39. The first kappa shape index (κ1) is 22.3. The highest BCUT2D eigenvalue weighted by Crippen LogP contribution is 2.16. The van der Waals surface area contributed by atoms with Crippen LogP contribution >= 0.6 is 0 Å². The highest BCUT2D eigenvalue weighted by Gasteiger charge is 2.25. The zero-order valence-corrected chi connectivity index (χ0v) is 16.6. The molecule has 141 valence electrons. The molecule has 1 aromatic heterocycles. The van der Waals surface area contributed by atoms with Gasteiger partial charge in [-0.05, 0) is 19.1 Å². The van der Waals surface area contributed by atoms with E-state index in [1.165, 1.54) is 32.2 Å². The first-order valence-corrected chi connectivity index (χ1v) is 8.53. The van der Waals surface area contributed by atoms with Crippen molar-refractivity contribution in [3.05, 3.63) is 35.7 Å². The molecular formula is C14H15AlN5O6S. The summed E-state index contributed by atoms with van der Waals surface area (Å²) in [6.07, 6.45) is 0. The molecule has 2 aromatic rings. The van der Waals surface area contributed by atoms with Gasteiger partial charge in [0.25, 0.3) is 10.0 Å². The zero-order valence-electron chi connectivity index (χ0n) is 14.6. The lowest BCUT2D eigenvalue weighted by atomic mass is 10.2. The van der Waals surface area contributed by atoms with Crippen molar-refractivity contribution in [2.24, 2.45) is 0 Å². The topological polar surface area (TPSA) is 149 Å². The van der Waals surface area contributed by atoms with Gasteiger partial charge >= 0.3 is 18.0 Å². The van der Waals surface area contributed by atoms with E-state index in [1.807, 2.05) is 0 Å². The summed E-state index contributed by atoms with van der Waals surface area (Å²) in [5, 5.41) is 2.16. The van der Waals surface area contributed by atoms with Crippen LogP contribution in [0.25, 0.3) is 0 Å². The number of urea groups is 1. The molecule has 13 heteroatoms. The zero-order chi connectivity index (χ0) is 19.3. The van der Waals surface area contributed by atoms with Gasteiger partial charge in [0, 0.05) is 17.4 Å². The molecule has 3 radical (unpaired) electrons. The Hall–Kier alpha value is -2.75. The minimum absolute atomic E-state index is 0. The molecule has 2 amide bonds. The number of ether oxygens (including phenoxy) is 2. The Morgan fingerprint density at radius 2 is 1.74 bits per heavy atom. The summed E-state index contributed by atoms with van der Waals surface area (Å²) in [5.41, 5.74) is -0.215. The number of nitrogens with zero attached hydrogens (tertiary/aromatic N) is 3. The summed E-state index contributed by atoms with van der Waals surface area (Å²) in [6, 6.07) is 4.12. The number of aromatic nitrogens is 3. The van der Waals surface area contributed by atoms with Crippen molar-refractivity contribution in [2.45, 2.75) is 11.8 Å². The predicted molar refractivity (Wildman–Crippen MR) is 94.0 cm³/mol. The molecule has 0 spiro atoms. The van der Waals surface area contributed by atoms with Crippen LogP contribution in [0, 0.1) is 6.92 Å². The van der Waals surface area contributed by atoms with Crippen molar-refractivity contribution >= 4 is 45.3 Å². The van der Waals surface area contributed by atoms with E-state index in [9.17, 15) is 18.0 Å². The third-order valence-electron chi connectivity index (χ3n) is 2.94. The number of amides is 2. The highest BCUT2D eigenvalue weighted by atomic mass is 32.2. The quantitative estimate of drug-likeness (QED) is 0.519. The van der Waals surface area contributed by atoms with Crippen molar-refractivity contribution in [3.8, 4) is 6.01 Å². The molecule has 11 nitrogen and oxygen atoms in total. The SMILES string of the molecule is COC(=O)c1ccccc1S(=O)(=O)NC(=O)Nc1nc(C)nc(OC)n1.[Al]. The van der Waals surface area contributed by atoms with Gasteiger partial charge in [0.2, 0.25) is 5.95 Å². The number of anilines is 1. The molecule has 2 N–H and O–H groups in total. The van der Waals surface area contributed by atoms with Crippen LogP contribution in [-0.2, 0) is 14.8 Å². The maximum Gasteiger partial charge on any atom is 0.339 e. The number of rotatable bonds is 5. The smallest absolute Gasteiger partial charge is 0.339 e. The molecule has 0 aliphatic carbocycles. The van der Waals surface area contributed by atoms with Crippen LogP contribution in [0.4, 0.5) is 10.7 Å². The van der Waals surface area contributed by atoms with Gasteiger partial charge in [-0.25, -0.2) is 22.7 Å². The second-order valence-electron chi connectivity index (χ2n) is 4.74. The van der Waals surface area contributed by atoms with E-state index in [0.717, 1.165) is 13.2 Å². The average molecular weight is 408 g/mol. The number of hydrogen-bond acceptors (Lipinski definition) is 9. The summed E-state index contributed by atoms with van der Waals surface area (Å²) in [5.74, 6) is -0.807. The number of benzene rings is 1. The lowest BCUT2D eigenvalue weighted by Crippen LogP contribution is -2.35. The van der Waals surface area contributed by atoms with Crippen molar-refractivity contribution in [1.82, 2.24) is 19.7 Å². The largest absolute Gasteiger partial charge is 0.467 e. The third-order valence-corrected chi connectivity index (χ3v) is 4.33. The number of sulfonamides is 1. The summed E-state index contributed by atoms with van der Waals surface area (Å²) < 4.78 is 36.0. The van der Waals surface area contributed by atoms with Gasteiger partial charge in [-0.2, -0.15) is 15.0 Å². The fraction of sp³-hybridized carbons (Fsp3) is 0.214.